The Balaban J connectivity index is 1.57. The second kappa shape index (κ2) is 11.6. The number of nitrogens with zero attached hydrogens (tertiary/aromatic N) is 5. The van der Waals surface area contributed by atoms with Gasteiger partial charge in [-0.05, 0) is 18.5 Å². The minimum absolute atomic E-state index is 0.0783. The average molecular weight is 433 g/mol. The summed E-state index contributed by atoms with van der Waals surface area (Å²) in [4.78, 5) is 33.3. The molecule has 0 bridgehead atoms. The summed E-state index contributed by atoms with van der Waals surface area (Å²) in [5.41, 5.74) is 0.995. The molecule has 10 nitrogen and oxygen atoms in total. The van der Waals surface area contributed by atoms with E-state index in [1.807, 2.05) is 4.90 Å². The minimum Gasteiger partial charge on any atom is -0.379 e. The molecule has 2 fully saturated rings. The molecule has 0 atom stereocenters. The van der Waals surface area contributed by atoms with E-state index < -0.39 is 4.92 Å². The Kier molecular flexibility index (Phi) is 8.60. The molecule has 2 heterocycles. The van der Waals surface area contributed by atoms with E-state index >= 15 is 0 Å². The van der Waals surface area contributed by atoms with E-state index in [1.165, 1.54) is 12.1 Å². The second-order valence-corrected chi connectivity index (χ2v) is 7.79. The van der Waals surface area contributed by atoms with E-state index in [0.717, 1.165) is 70.4 Å². The molecule has 3 rings (SSSR count). The molecule has 1 amide bonds. The van der Waals surface area contributed by atoms with Gasteiger partial charge >= 0.3 is 0 Å². The number of hydrogen-bond donors (Lipinski definition) is 1. The van der Waals surface area contributed by atoms with E-state index in [9.17, 15) is 14.9 Å². The van der Waals surface area contributed by atoms with Crippen LogP contribution < -0.4 is 5.32 Å². The molecule has 31 heavy (non-hydrogen) atoms. The van der Waals surface area contributed by atoms with Crippen molar-refractivity contribution in [3.63, 3.8) is 0 Å². The number of nitro benzene ring substituents is 1. The summed E-state index contributed by atoms with van der Waals surface area (Å²) < 4.78 is 5.40. The van der Waals surface area contributed by atoms with Gasteiger partial charge in [0.05, 0.1) is 24.7 Å². The molecule has 0 spiro atoms. The molecule has 170 valence electrons. The number of amides is 1. The first-order valence-corrected chi connectivity index (χ1v) is 10.8. The Morgan fingerprint density at radius 3 is 2.35 bits per heavy atom. The molecule has 2 saturated heterocycles. The van der Waals surface area contributed by atoms with Crippen molar-refractivity contribution in [3.8, 4) is 0 Å². The van der Waals surface area contributed by atoms with Crippen molar-refractivity contribution in [1.82, 2.24) is 20.0 Å². The number of nitro groups is 1. The van der Waals surface area contributed by atoms with E-state index in [1.54, 1.807) is 19.1 Å². The molecule has 10 heteroatoms. The first-order chi connectivity index (χ1) is 15.0. The highest BCUT2D eigenvalue weighted by Gasteiger charge is 2.21. The monoisotopic (exact) mass is 432 g/mol. The zero-order valence-electron chi connectivity index (χ0n) is 18.2. The van der Waals surface area contributed by atoms with Gasteiger partial charge in [-0.3, -0.25) is 19.8 Å². The summed E-state index contributed by atoms with van der Waals surface area (Å²) in [6.45, 7) is 10.3. The zero-order chi connectivity index (χ0) is 22.1. The maximum absolute atomic E-state index is 11.6. The number of morpholine rings is 1. The smallest absolute Gasteiger partial charge is 0.269 e. The summed E-state index contributed by atoms with van der Waals surface area (Å²) in [7, 11) is 0. The number of benzene rings is 1. The van der Waals surface area contributed by atoms with Gasteiger partial charge in [0, 0.05) is 64.9 Å². The first-order valence-electron chi connectivity index (χ1n) is 10.8. The number of nitrogens with one attached hydrogen (secondary N) is 1. The summed E-state index contributed by atoms with van der Waals surface area (Å²) in [5, 5.41) is 14.3. The van der Waals surface area contributed by atoms with Crippen LogP contribution in [-0.2, 0) is 16.1 Å². The fourth-order valence-corrected chi connectivity index (χ4v) is 3.72. The predicted octanol–water partition coefficient (Wildman–Crippen LogP) is 0.927. The van der Waals surface area contributed by atoms with Gasteiger partial charge in [-0.1, -0.05) is 12.1 Å². The Labute approximate surface area is 183 Å². The molecule has 0 saturated carbocycles. The van der Waals surface area contributed by atoms with E-state index in [2.05, 4.69) is 15.1 Å². The number of hydrogen-bond acceptors (Lipinski definition) is 6. The van der Waals surface area contributed by atoms with Gasteiger partial charge in [-0.25, -0.2) is 4.99 Å². The minimum atomic E-state index is -0.400. The van der Waals surface area contributed by atoms with Crippen LogP contribution in [0.5, 0.6) is 0 Å². The van der Waals surface area contributed by atoms with Crippen LogP contribution in [0.3, 0.4) is 0 Å². The number of aliphatic imine (C=N–C) groups is 1. The third-order valence-electron chi connectivity index (χ3n) is 5.62. The third kappa shape index (κ3) is 7.18. The second-order valence-electron chi connectivity index (χ2n) is 7.79. The topological polar surface area (TPSA) is 104 Å². The Morgan fingerprint density at radius 1 is 1.10 bits per heavy atom. The maximum Gasteiger partial charge on any atom is 0.269 e. The zero-order valence-corrected chi connectivity index (χ0v) is 18.2. The fraction of sp³-hybridized carbons (Fsp3) is 0.619. The van der Waals surface area contributed by atoms with Crippen LogP contribution in [0.1, 0.15) is 18.9 Å². The highest BCUT2D eigenvalue weighted by atomic mass is 16.6. The Hall–Kier alpha value is -2.72. The molecular formula is C21H32N6O4. The van der Waals surface area contributed by atoms with Crippen LogP contribution in [0, 0.1) is 10.1 Å². The number of carbonyl (C=O) groups is 1. The average Bonchev–Trinajstić information content (AvgIpc) is 2.79. The molecule has 2 aliphatic heterocycles. The van der Waals surface area contributed by atoms with Crippen LogP contribution in [-0.4, -0.2) is 97.1 Å². The third-order valence-corrected chi connectivity index (χ3v) is 5.62. The molecule has 1 aromatic rings. The van der Waals surface area contributed by atoms with Crippen molar-refractivity contribution in [3.05, 3.63) is 39.9 Å². The molecule has 0 unspecified atom stereocenters. The molecular weight excluding hydrogens is 400 g/mol. The predicted molar refractivity (Wildman–Crippen MR) is 118 cm³/mol. The van der Waals surface area contributed by atoms with Crippen LogP contribution in [0.2, 0.25) is 0 Å². The van der Waals surface area contributed by atoms with Gasteiger partial charge in [-0.15, -0.1) is 0 Å². The van der Waals surface area contributed by atoms with Gasteiger partial charge in [0.1, 0.15) is 0 Å². The van der Waals surface area contributed by atoms with E-state index in [4.69, 9.17) is 9.73 Å². The van der Waals surface area contributed by atoms with Gasteiger partial charge < -0.3 is 19.9 Å². The maximum atomic E-state index is 11.6. The number of guanidine groups is 1. The van der Waals surface area contributed by atoms with E-state index in [0.29, 0.717) is 19.6 Å². The van der Waals surface area contributed by atoms with Crippen LogP contribution in [0.15, 0.2) is 29.3 Å². The van der Waals surface area contributed by atoms with Gasteiger partial charge in [0.15, 0.2) is 5.96 Å². The van der Waals surface area contributed by atoms with Gasteiger partial charge in [0.2, 0.25) is 5.91 Å². The largest absolute Gasteiger partial charge is 0.379 e. The standard InChI is InChI=1S/C21H32N6O4/c1-18(28)25-9-11-26(12-10-25)21(22-7-2-8-24-13-15-31-16-14-24)23-17-19-3-5-20(6-4-19)27(29)30/h3-6H,2,7-17H2,1H3,(H,22,23). The van der Waals surface area contributed by atoms with Gasteiger partial charge in [-0.2, -0.15) is 0 Å². The number of rotatable bonds is 7. The van der Waals surface area contributed by atoms with Crippen LogP contribution >= 0.6 is 0 Å². The van der Waals surface area contributed by atoms with Gasteiger partial charge in [0.25, 0.3) is 5.69 Å². The van der Waals surface area contributed by atoms with Crippen LogP contribution in [0.25, 0.3) is 0 Å². The summed E-state index contributed by atoms with van der Waals surface area (Å²) >= 11 is 0. The molecule has 0 aliphatic carbocycles. The van der Waals surface area contributed by atoms with Crippen molar-refractivity contribution in [2.45, 2.75) is 19.9 Å². The SMILES string of the molecule is CC(=O)N1CCN(C(=NCc2ccc([N+](=O)[O-])cc2)NCCCN2CCOCC2)CC1. The van der Waals surface area contributed by atoms with Crippen molar-refractivity contribution in [2.75, 3.05) is 65.6 Å². The quantitative estimate of drug-likeness (QED) is 0.225. The normalized spacial score (nSPS) is 18.2. The highest BCUT2D eigenvalue weighted by Crippen LogP contribution is 2.13. The summed E-state index contributed by atoms with van der Waals surface area (Å²) in [6.07, 6.45) is 1.00. The van der Waals surface area contributed by atoms with Crippen molar-refractivity contribution in [1.29, 1.82) is 0 Å². The summed E-state index contributed by atoms with van der Waals surface area (Å²) in [5.74, 6) is 0.922. The molecule has 0 radical (unpaired) electrons. The van der Waals surface area contributed by atoms with Crippen molar-refractivity contribution < 1.29 is 14.5 Å². The molecule has 1 aromatic carbocycles. The lowest BCUT2D eigenvalue weighted by Crippen LogP contribution is -2.53. The number of carbonyl (C=O) groups excluding carboxylic acids is 1. The van der Waals surface area contributed by atoms with Crippen molar-refractivity contribution >= 4 is 17.6 Å². The van der Waals surface area contributed by atoms with E-state index in [-0.39, 0.29) is 11.6 Å². The summed E-state index contributed by atoms with van der Waals surface area (Å²) in [6, 6.07) is 6.49. The molecule has 2 aliphatic rings. The Morgan fingerprint density at radius 2 is 1.74 bits per heavy atom. The molecule has 0 aromatic heterocycles. The lowest BCUT2D eigenvalue weighted by Gasteiger charge is -2.36. The van der Waals surface area contributed by atoms with Crippen molar-refractivity contribution in [2.24, 2.45) is 4.99 Å². The highest BCUT2D eigenvalue weighted by molar-refractivity contribution is 5.80. The number of piperazine rings is 1. The first kappa shape index (κ1) is 23.0. The lowest BCUT2D eigenvalue weighted by atomic mass is 10.2. The number of non-ortho nitro benzene ring substituents is 1. The Bertz CT molecular complexity index is 756. The van der Waals surface area contributed by atoms with Crippen LogP contribution in [0.4, 0.5) is 5.69 Å². The molecule has 1 N–H and O–H groups in total. The fourth-order valence-electron chi connectivity index (χ4n) is 3.72. The number of ether oxygens (including phenoxy) is 1. The lowest BCUT2D eigenvalue weighted by molar-refractivity contribution is -0.384.